The highest BCUT2D eigenvalue weighted by atomic mass is 32.1. The lowest BCUT2D eigenvalue weighted by atomic mass is 10.0. The molecule has 32 heavy (non-hydrogen) atoms. The van der Waals surface area contributed by atoms with Gasteiger partial charge in [-0.2, -0.15) is 0 Å². The molecule has 2 aromatic carbocycles. The highest BCUT2D eigenvalue weighted by Gasteiger charge is 2.28. The molecule has 0 unspecified atom stereocenters. The topological polar surface area (TPSA) is 60.4 Å². The second kappa shape index (κ2) is 9.82. The minimum Gasteiger partial charge on any atom is -0.493 e. The maximum Gasteiger partial charge on any atom is 0.264 e. The van der Waals surface area contributed by atoms with E-state index < -0.39 is 0 Å². The van der Waals surface area contributed by atoms with Crippen molar-refractivity contribution >= 4 is 23.0 Å². The first-order valence-electron chi connectivity index (χ1n) is 10.1. The summed E-state index contributed by atoms with van der Waals surface area (Å²) >= 11 is 1.38. The van der Waals surface area contributed by atoms with Crippen molar-refractivity contribution in [2.75, 3.05) is 20.8 Å². The van der Waals surface area contributed by atoms with Crippen LogP contribution in [-0.4, -0.2) is 43.4 Å². The van der Waals surface area contributed by atoms with E-state index in [9.17, 15) is 9.18 Å². The van der Waals surface area contributed by atoms with Crippen molar-refractivity contribution in [2.45, 2.75) is 19.1 Å². The van der Waals surface area contributed by atoms with Crippen molar-refractivity contribution in [2.24, 2.45) is 5.16 Å². The van der Waals surface area contributed by atoms with Gasteiger partial charge in [0.1, 0.15) is 5.82 Å². The van der Waals surface area contributed by atoms with Gasteiger partial charge in [-0.1, -0.05) is 23.4 Å². The van der Waals surface area contributed by atoms with Gasteiger partial charge in [0.25, 0.3) is 5.91 Å². The van der Waals surface area contributed by atoms with Gasteiger partial charge in [0.15, 0.2) is 17.6 Å². The van der Waals surface area contributed by atoms with Crippen molar-refractivity contribution < 1.29 is 23.5 Å². The van der Waals surface area contributed by atoms with Crippen LogP contribution in [0.2, 0.25) is 0 Å². The molecule has 0 radical (unpaired) electrons. The second-order valence-corrected chi connectivity index (χ2v) is 8.28. The Hall–Kier alpha value is -3.39. The number of methoxy groups -OCH3 is 2. The summed E-state index contributed by atoms with van der Waals surface area (Å²) in [7, 11) is 3.17. The molecule has 6 nitrogen and oxygen atoms in total. The summed E-state index contributed by atoms with van der Waals surface area (Å²) in [5, 5.41) is 6.10. The minimum atomic E-state index is -0.331. The van der Waals surface area contributed by atoms with Gasteiger partial charge in [-0.3, -0.25) is 4.79 Å². The van der Waals surface area contributed by atoms with E-state index in [-0.39, 0.29) is 24.4 Å². The summed E-state index contributed by atoms with van der Waals surface area (Å²) in [5.41, 5.74) is 2.35. The van der Waals surface area contributed by atoms with E-state index in [2.05, 4.69) is 5.16 Å². The molecular weight excluding hydrogens is 431 g/mol. The third-order valence-electron chi connectivity index (χ3n) is 5.16. The van der Waals surface area contributed by atoms with E-state index in [0.717, 1.165) is 11.3 Å². The summed E-state index contributed by atoms with van der Waals surface area (Å²) in [4.78, 5) is 21.1. The number of rotatable bonds is 8. The van der Waals surface area contributed by atoms with Gasteiger partial charge in [-0.15, -0.1) is 11.3 Å². The largest absolute Gasteiger partial charge is 0.493 e. The quantitative estimate of drug-likeness (QED) is 0.493. The highest BCUT2D eigenvalue weighted by molar-refractivity contribution is 7.12. The number of carbonyl (C=O) groups is 1. The Morgan fingerprint density at radius 2 is 2.00 bits per heavy atom. The standard InChI is InChI=1S/C24H23FN2O4S/c1-29-21-9-8-17(12-22(21)30-2)20-13-19(31-26-20)15-27(24(28)23-7-4-10-32-23)14-16-5-3-6-18(25)11-16/h3-12,19H,13-15H2,1-2H3/t19-/m1/s1. The number of nitrogens with zero attached hydrogens (tertiary/aromatic N) is 2. The average Bonchev–Trinajstić information content (AvgIpc) is 3.50. The van der Waals surface area contributed by atoms with Gasteiger partial charge < -0.3 is 19.2 Å². The zero-order valence-corrected chi connectivity index (χ0v) is 18.6. The van der Waals surface area contributed by atoms with E-state index in [1.165, 1.54) is 23.5 Å². The molecule has 3 aromatic rings. The molecule has 0 saturated carbocycles. The summed E-state index contributed by atoms with van der Waals surface area (Å²) in [6.07, 6.45) is 0.225. The van der Waals surface area contributed by atoms with Crippen LogP contribution in [0.1, 0.15) is 27.2 Å². The zero-order chi connectivity index (χ0) is 22.5. The molecule has 1 aliphatic heterocycles. The number of ether oxygens (including phenoxy) is 2. The minimum absolute atomic E-state index is 0.118. The first-order valence-corrected chi connectivity index (χ1v) is 11.0. The number of thiophene rings is 1. The predicted octanol–water partition coefficient (Wildman–Crippen LogP) is 4.74. The van der Waals surface area contributed by atoms with E-state index in [4.69, 9.17) is 14.3 Å². The van der Waals surface area contributed by atoms with Crippen LogP contribution in [0.3, 0.4) is 0 Å². The molecule has 0 fully saturated rings. The Kier molecular flexibility index (Phi) is 6.70. The van der Waals surface area contributed by atoms with Gasteiger partial charge in [0, 0.05) is 18.5 Å². The highest BCUT2D eigenvalue weighted by Crippen LogP contribution is 2.30. The van der Waals surface area contributed by atoms with Crippen LogP contribution < -0.4 is 9.47 Å². The van der Waals surface area contributed by atoms with Crippen molar-refractivity contribution in [1.82, 2.24) is 4.90 Å². The molecule has 1 aliphatic rings. The zero-order valence-electron chi connectivity index (χ0n) is 17.8. The van der Waals surface area contributed by atoms with Crippen LogP contribution in [-0.2, 0) is 11.4 Å². The molecule has 166 valence electrons. The monoisotopic (exact) mass is 454 g/mol. The van der Waals surface area contributed by atoms with Gasteiger partial charge in [0.2, 0.25) is 0 Å². The number of carbonyl (C=O) groups excluding carboxylic acids is 1. The van der Waals surface area contributed by atoms with E-state index in [1.54, 1.807) is 37.3 Å². The van der Waals surface area contributed by atoms with Crippen molar-refractivity contribution in [1.29, 1.82) is 0 Å². The Morgan fingerprint density at radius 1 is 1.16 bits per heavy atom. The van der Waals surface area contributed by atoms with E-state index in [1.807, 2.05) is 29.6 Å². The van der Waals surface area contributed by atoms with E-state index >= 15 is 0 Å². The fourth-order valence-electron chi connectivity index (χ4n) is 3.59. The Morgan fingerprint density at radius 3 is 2.72 bits per heavy atom. The molecule has 0 N–H and O–H groups in total. The molecule has 1 amide bonds. The lowest BCUT2D eigenvalue weighted by Crippen LogP contribution is -2.37. The molecule has 8 heteroatoms. The smallest absolute Gasteiger partial charge is 0.264 e. The Balaban J connectivity index is 1.49. The van der Waals surface area contributed by atoms with Gasteiger partial charge in [-0.05, 0) is 47.3 Å². The Bertz CT molecular complexity index is 1120. The number of benzene rings is 2. The first kappa shape index (κ1) is 21.8. The molecule has 0 bridgehead atoms. The Labute approximate surface area is 189 Å². The molecule has 2 heterocycles. The summed E-state index contributed by atoms with van der Waals surface area (Å²) in [6, 6.07) is 15.5. The van der Waals surface area contributed by atoms with Gasteiger partial charge >= 0.3 is 0 Å². The van der Waals surface area contributed by atoms with E-state index in [0.29, 0.717) is 34.9 Å². The summed E-state index contributed by atoms with van der Waals surface area (Å²) in [6.45, 7) is 0.605. The van der Waals surface area contributed by atoms with Crippen molar-refractivity contribution in [3.63, 3.8) is 0 Å². The number of halogens is 1. The molecule has 1 aromatic heterocycles. The lowest BCUT2D eigenvalue weighted by molar-refractivity contribution is 0.0408. The molecule has 4 rings (SSSR count). The number of amides is 1. The SMILES string of the molecule is COc1ccc(C2=NO[C@@H](CN(Cc3cccc(F)c3)C(=O)c3cccs3)C2)cc1OC. The van der Waals surface area contributed by atoms with Crippen molar-refractivity contribution in [3.8, 4) is 11.5 Å². The molecule has 1 atom stereocenters. The van der Waals surface area contributed by atoms with Crippen LogP contribution in [0.5, 0.6) is 11.5 Å². The maximum absolute atomic E-state index is 13.7. The maximum atomic E-state index is 13.7. The van der Waals surface area contributed by atoms with Gasteiger partial charge in [0.05, 0.1) is 31.4 Å². The molecule has 0 spiro atoms. The normalized spacial score (nSPS) is 15.1. The molecule has 0 aliphatic carbocycles. The third-order valence-corrected chi connectivity index (χ3v) is 6.01. The number of hydrogen-bond acceptors (Lipinski definition) is 6. The van der Waals surface area contributed by atoms with Crippen LogP contribution in [0.4, 0.5) is 4.39 Å². The van der Waals surface area contributed by atoms with Crippen LogP contribution in [0.15, 0.2) is 65.1 Å². The number of oxime groups is 1. The first-order chi connectivity index (χ1) is 15.6. The van der Waals surface area contributed by atoms with Crippen LogP contribution in [0, 0.1) is 5.82 Å². The van der Waals surface area contributed by atoms with Crippen LogP contribution >= 0.6 is 11.3 Å². The summed E-state index contributed by atoms with van der Waals surface area (Å²) < 4.78 is 24.4. The lowest BCUT2D eigenvalue weighted by Gasteiger charge is -2.24. The van der Waals surface area contributed by atoms with Crippen molar-refractivity contribution in [3.05, 3.63) is 81.8 Å². The number of hydrogen-bond donors (Lipinski definition) is 0. The van der Waals surface area contributed by atoms with Gasteiger partial charge in [-0.25, -0.2) is 4.39 Å². The third kappa shape index (κ3) is 4.91. The average molecular weight is 455 g/mol. The fourth-order valence-corrected chi connectivity index (χ4v) is 4.28. The summed E-state index contributed by atoms with van der Waals surface area (Å²) in [5.74, 6) is 0.793. The second-order valence-electron chi connectivity index (χ2n) is 7.33. The van der Waals surface area contributed by atoms with Crippen LogP contribution in [0.25, 0.3) is 0 Å². The fraction of sp³-hybridized carbons (Fsp3) is 0.250. The molecular formula is C24H23FN2O4S. The molecule has 0 saturated heterocycles. The predicted molar refractivity (Wildman–Crippen MR) is 121 cm³/mol.